The molecule has 0 spiro atoms. The third kappa shape index (κ3) is 3.50. The Hall–Kier alpha value is -1.25. The Kier molecular flexibility index (Phi) is 5.49. The van der Waals surface area contributed by atoms with E-state index < -0.39 is 5.91 Å². The van der Waals surface area contributed by atoms with Crippen LogP contribution in [0.15, 0.2) is 16.6 Å². The van der Waals surface area contributed by atoms with Gasteiger partial charge in [0, 0.05) is 16.6 Å². The van der Waals surface area contributed by atoms with Crippen LogP contribution in [0.2, 0.25) is 0 Å². The van der Waals surface area contributed by atoms with Crippen molar-refractivity contribution in [3.05, 3.63) is 28.0 Å². The summed E-state index contributed by atoms with van der Waals surface area (Å²) in [5, 5.41) is 11.5. The number of carbonyl (C=O) groups is 1. The van der Waals surface area contributed by atoms with E-state index in [2.05, 4.69) is 36.9 Å². The summed E-state index contributed by atoms with van der Waals surface area (Å²) in [4.78, 5) is 15.7. The first-order valence-corrected chi connectivity index (χ1v) is 8.59. The third-order valence-electron chi connectivity index (χ3n) is 3.14. The zero-order valence-electron chi connectivity index (χ0n) is 11.8. The molecular formula is C13H17BrN4O2S. The Bertz CT molecular complexity index is 659. The number of aromatic nitrogens is 2. The molecule has 0 fully saturated rings. The number of hydrogen-bond donors (Lipinski definition) is 3. The van der Waals surface area contributed by atoms with E-state index in [1.165, 1.54) is 0 Å². The number of amides is 1. The average Bonchev–Trinajstić information content (AvgIpc) is 2.84. The van der Waals surface area contributed by atoms with Gasteiger partial charge in [-0.1, -0.05) is 0 Å². The van der Waals surface area contributed by atoms with Gasteiger partial charge in [0.05, 0.1) is 12.2 Å². The molecule has 0 aliphatic heterocycles. The number of anilines is 1. The molecule has 8 heteroatoms. The van der Waals surface area contributed by atoms with Gasteiger partial charge in [-0.25, -0.2) is 10.5 Å². The number of pyridine rings is 1. The van der Waals surface area contributed by atoms with E-state index in [9.17, 15) is 4.79 Å². The molecule has 114 valence electrons. The number of nitrogens with zero attached hydrogens (tertiary/aromatic N) is 2. The molecule has 2 heterocycles. The molecule has 21 heavy (non-hydrogen) atoms. The van der Waals surface area contributed by atoms with Crippen molar-refractivity contribution in [2.75, 3.05) is 23.9 Å². The molecule has 2 aromatic rings. The summed E-state index contributed by atoms with van der Waals surface area (Å²) >= 11 is 5.29. The van der Waals surface area contributed by atoms with Crippen molar-refractivity contribution in [2.45, 2.75) is 13.3 Å². The van der Waals surface area contributed by atoms with Gasteiger partial charge in [0.2, 0.25) is 0 Å². The van der Waals surface area contributed by atoms with Crippen LogP contribution in [0.1, 0.15) is 11.4 Å². The van der Waals surface area contributed by atoms with E-state index in [0.29, 0.717) is 5.82 Å². The van der Waals surface area contributed by atoms with Crippen LogP contribution >= 0.6 is 27.7 Å². The first-order chi connectivity index (χ1) is 10.1. The van der Waals surface area contributed by atoms with Gasteiger partial charge in [-0.3, -0.25) is 14.4 Å². The Labute approximate surface area is 135 Å². The van der Waals surface area contributed by atoms with Gasteiger partial charge in [0.25, 0.3) is 5.91 Å². The summed E-state index contributed by atoms with van der Waals surface area (Å²) in [6, 6.07) is 3.89. The molecule has 3 N–H and O–H groups in total. The van der Waals surface area contributed by atoms with Crippen molar-refractivity contribution >= 4 is 45.1 Å². The molecule has 0 bridgehead atoms. The maximum Gasteiger partial charge on any atom is 0.262 e. The van der Waals surface area contributed by atoms with Crippen LogP contribution in [-0.2, 0) is 11.2 Å². The minimum absolute atomic E-state index is 0.0210. The topological polar surface area (TPSA) is 78.7 Å². The zero-order chi connectivity index (χ0) is 15.4. The standard InChI is InChI=1S/C13H17BrN4O2S/c1-8-9(14)3-4-11-16-13(15-7-12(19)17-20)10(18(8)11)5-6-21-2/h3-4,15,20H,5-7H2,1-2H3,(H,17,19). The Morgan fingerprint density at radius 3 is 2.95 bits per heavy atom. The van der Waals surface area contributed by atoms with E-state index in [-0.39, 0.29) is 6.54 Å². The largest absolute Gasteiger partial charge is 0.359 e. The van der Waals surface area contributed by atoms with Gasteiger partial charge in [0.15, 0.2) is 0 Å². The van der Waals surface area contributed by atoms with Crippen molar-refractivity contribution < 1.29 is 10.0 Å². The van der Waals surface area contributed by atoms with Gasteiger partial charge >= 0.3 is 0 Å². The van der Waals surface area contributed by atoms with Crippen LogP contribution in [0.5, 0.6) is 0 Å². The van der Waals surface area contributed by atoms with Crippen molar-refractivity contribution in [1.29, 1.82) is 0 Å². The lowest BCUT2D eigenvalue weighted by Crippen LogP contribution is -2.27. The summed E-state index contributed by atoms with van der Waals surface area (Å²) in [5.41, 5.74) is 4.53. The predicted molar refractivity (Wildman–Crippen MR) is 88.1 cm³/mol. The molecule has 0 atom stereocenters. The number of carbonyl (C=O) groups excluding carboxylic acids is 1. The Balaban J connectivity index is 2.43. The maximum atomic E-state index is 11.2. The van der Waals surface area contributed by atoms with Crippen LogP contribution in [0, 0.1) is 6.92 Å². The first kappa shape index (κ1) is 16.1. The average molecular weight is 373 g/mol. The van der Waals surface area contributed by atoms with Gasteiger partial charge in [-0.05, 0) is 47.0 Å². The summed E-state index contributed by atoms with van der Waals surface area (Å²) < 4.78 is 3.09. The predicted octanol–water partition coefficient (Wildman–Crippen LogP) is 2.23. The molecule has 0 unspecified atom stereocenters. The van der Waals surface area contributed by atoms with E-state index in [0.717, 1.165) is 33.7 Å². The highest BCUT2D eigenvalue weighted by molar-refractivity contribution is 9.10. The summed E-state index contributed by atoms with van der Waals surface area (Å²) in [6.07, 6.45) is 2.89. The number of halogens is 1. The molecule has 0 radical (unpaired) electrons. The quantitative estimate of drug-likeness (QED) is 0.535. The van der Waals surface area contributed by atoms with E-state index in [1.807, 2.05) is 19.1 Å². The fourth-order valence-corrected chi connectivity index (χ4v) is 2.82. The first-order valence-electron chi connectivity index (χ1n) is 6.40. The van der Waals surface area contributed by atoms with Gasteiger partial charge in [-0.15, -0.1) is 0 Å². The lowest BCUT2D eigenvalue weighted by Gasteiger charge is -2.09. The molecule has 0 saturated carbocycles. The number of aryl methyl sites for hydroxylation is 2. The van der Waals surface area contributed by atoms with Crippen molar-refractivity contribution in [3.63, 3.8) is 0 Å². The highest BCUT2D eigenvalue weighted by Gasteiger charge is 2.15. The number of fused-ring (bicyclic) bond motifs is 1. The Morgan fingerprint density at radius 1 is 1.52 bits per heavy atom. The summed E-state index contributed by atoms with van der Waals surface area (Å²) in [5.74, 6) is 1.13. The van der Waals surface area contributed by atoms with Crippen LogP contribution < -0.4 is 10.8 Å². The van der Waals surface area contributed by atoms with Gasteiger partial charge in [-0.2, -0.15) is 11.8 Å². The fourth-order valence-electron chi connectivity index (χ4n) is 2.11. The molecule has 2 aromatic heterocycles. The zero-order valence-corrected chi connectivity index (χ0v) is 14.2. The number of imidazole rings is 1. The SMILES string of the molecule is CSCCc1c(NCC(=O)NO)nc2ccc(Br)c(C)n12. The molecule has 1 amide bonds. The van der Waals surface area contributed by atoms with Crippen molar-refractivity contribution in [3.8, 4) is 0 Å². The monoisotopic (exact) mass is 372 g/mol. The lowest BCUT2D eigenvalue weighted by molar-refractivity contribution is -0.127. The van der Waals surface area contributed by atoms with Gasteiger partial charge in [0.1, 0.15) is 11.5 Å². The second kappa shape index (κ2) is 7.15. The highest BCUT2D eigenvalue weighted by Crippen LogP contribution is 2.25. The van der Waals surface area contributed by atoms with Crippen molar-refractivity contribution in [2.24, 2.45) is 0 Å². The molecule has 0 aliphatic carbocycles. The normalized spacial score (nSPS) is 10.9. The number of thioether (sulfide) groups is 1. The van der Waals surface area contributed by atoms with Crippen molar-refractivity contribution in [1.82, 2.24) is 14.9 Å². The van der Waals surface area contributed by atoms with E-state index in [4.69, 9.17) is 5.21 Å². The van der Waals surface area contributed by atoms with E-state index >= 15 is 0 Å². The number of nitrogens with one attached hydrogen (secondary N) is 2. The smallest absolute Gasteiger partial charge is 0.262 e. The van der Waals surface area contributed by atoms with Crippen LogP contribution in [0.4, 0.5) is 5.82 Å². The highest BCUT2D eigenvalue weighted by atomic mass is 79.9. The van der Waals surface area contributed by atoms with E-state index in [1.54, 1.807) is 17.2 Å². The second-order valence-corrected chi connectivity index (χ2v) is 6.34. The number of rotatable bonds is 6. The molecule has 0 aromatic carbocycles. The molecule has 2 rings (SSSR count). The lowest BCUT2D eigenvalue weighted by atomic mass is 10.3. The minimum atomic E-state index is -0.499. The number of hydroxylamine groups is 1. The summed E-state index contributed by atoms with van der Waals surface area (Å²) in [6.45, 7) is 2.00. The van der Waals surface area contributed by atoms with Crippen LogP contribution in [0.3, 0.4) is 0 Å². The number of hydrogen-bond acceptors (Lipinski definition) is 5. The molecule has 0 aliphatic rings. The second-order valence-electron chi connectivity index (χ2n) is 4.50. The van der Waals surface area contributed by atoms with Crippen LogP contribution in [0.25, 0.3) is 5.65 Å². The van der Waals surface area contributed by atoms with Gasteiger partial charge < -0.3 is 5.32 Å². The fraction of sp³-hybridized carbons (Fsp3) is 0.385. The third-order valence-corrected chi connectivity index (χ3v) is 4.59. The Morgan fingerprint density at radius 2 is 2.29 bits per heavy atom. The molecule has 6 nitrogen and oxygen atoms in total. The minimum Gasteiger partial charge on any atom is -0.359 e. The van der Waals surface area contributed by atoms with Crippen LogP contribution in [-0.4, -0.2) is 39.1 Å². The molecular weight excluding hydrogens is 356 g/mol. The maximum absolute atomic E-state index is 11.2. The summed E-state index contributed by atoms with van der Waals surface area (Å²) in [7, 11) is 0. The molecule has 0 saturated heterocycles.